The van der Waals surface area contributed by atoms with E-state index in [2.05, 4.69) is 21.9 Å². The Bertz CT molecular complexity index is 554. The lowest BCUT2D eigenvalue weighted by Gasteiger charge is -2.08. The van der Waals surface area contributed by atoms with Crippen molar-refractivity contribution in [2.45, 2.75) is 12.5 Å². The normalized spacial score (nSPS) is 12.3. The van der Waals surface area contributed by atoms with Gasteiger partial charge in [-0.1, -0.05) is 34.1 Å². The summed E-state index contributed by atoms with van der Waals surface area (Å²) in [6.07, 6.45) is 4.96. The van der Waals surface area contributed by atoms with Crippen LogP contribution in [0.1, 0.15) is 18.1 Å². The molecule has 0 heterocycles. The average Bonchev–Trinajstić information content (AvgIpc) is 2.28. The maximum Gasteiger partial charge on any atom is 0.0899 e. The number of halogens is 1. The van der Waals surface area contributed by atoms with Gasteiger partial charge in [-0.15, -0.1) is 12.3 Å². The lowest BCUT2D eigenvalue weighted by molar-refractivity contribution is 0.184. The van der Waals surface area contributed by atoms with Crippen molar-refractivity contribution in [3.8, 4) is 12.3 Å². The van der Waals surface area contributed by atoms with Crippen molar-refractivity contribution in [2.75, 3.05) is 0 Å². The van der Waals surface area contributed by atoms with Crippen LogP contribution in [0.25, 0.3) is 10.8 Å². The summed E-state index contributed by atoms with van der Waals surface area (Å²) in [5.74, 6) is 2.47. The standard InChI is InChI=1S/C14H11BrO/c1-2-3-14(16)12-5-4-11-9-13(15)7-6-10(11)8-12/h1,4-9,14,16H,3H2. The second kappa shape index (κ2) is 4.69. The predicted octanol–water partition coefficient (Wildman–Crippen LogP) is 3.66. The zero-order valence-electron chi connectivity index (χ0n) is 8.65. The Hall–Kier alpha value is -1.30. The van der Waals surface area contributed by atoms with E-state index in [1.54, 1.807) is 0 Å². The molecule has 0 amide bonds. The van der Waals surface area contributed by atoms with E-state index in [1.165, 1.54) is 0 Å². The third-order valence-corrected chi connectivity index (χ3v) is 3.02. The van der Waals surface area contributed by atoms with Crippen LogP contribution in [0, 0.1) is 12.3 Å². The van der Waals surface area contributed by atoms with Crippen molar-refractivity contribution in [2.24, 2.45) is 0 Å². The first-order chi connectivity index (χ1) is 7.70. The molecule has 2 aromatic carbocycles. The van der Waals surface area contributed by atoms with Crippen molar-refractivity contribution < 1.29 is 5.11 Å². The van der Waals surface area contributed by atoms with Crippen LogP contribution >= 0.6 is 15.9 Å². The first kappa shape index (κ1) is 11.2. The van der Waals surface area contributed by atoms with Crippen LogP contribution < -0.4 is 0 Å². The van der Waals surface area contributed by atoms with Crippen LogP contribution in [0.15, 0.2) is 40.9 Å². The van der Waals surface area contributed by atoms with E-state index < -0.39 is 6.10 Å². The Labute approximate surface area is 103 Å². The van der Waals surface area contributed by atoms with Crippen molar-refractivity contribution in [1.29, 1.82) is 0 Å². The van der Waals surface area contributed by atoms with Gasteiger partial charge >= 0.3 is 0 Å². The molecular weight excluding hydrogens is 264 g/mol. The lowest BCUT2D eigenvalue weighted by Crippen LogP contribution is -1.95. The van der Waals surface area contributed by atoms with Gasteiger partial charge in [0, 0.05) is 10.9 Å². The number of hydrogen-bond donors (Lipinski definition) is 1. The van der Waals surface area contributed by atoms with Gasteiger partial charge < -0.3 is 5.11 Å². The number of aliphatic hydroxyl groups excluding tert-OH is 1. The third kappa shape index (κ3) is 2.27. The largest absolute Gasteiger partial charge is 0.387 e. The average molecular weight is 275 g/mol. The maximum absolute atomic E-state index is 9.78. The van der Waals surface area contributed by atoms with Crippen LogP contribution in [0.4, 0.5) is 0 Å². The molecule has 1 nitrogen and oxygen atoms in total. The lowest BCUT2D eigenvalue weighted by atomic mass is 10.0. The molecule has 0 aliphatic rings. The van der Waals surface area contributed by atoms with Crippen LogP contribution in [-0.4, -0.2) is 5.11 Å². The molecule has 80 valence electrons. The van der Waals surface area contributed by atoms with Crippen molar-refractivity contribution in [3.05, 3.63) is 46.4 Å². The minimum Gasteiger partial charge on any atom is -0.387 e. The van der Waals surface area contributed by atoms with Crippen molar-refractivity contribution in [3.63, 3.8) is 0 Å². The van der Waals surface area contributed by atoms with E-state index >= 15 is 0 Å². The second-order valence-corrected chi connectivity index (χ2v) is 4.59. The Balaban J connectivity index is 2.45. The van der Waals surface area contributed by atoms with Crippen LogP contribution in [0.2, 0.25) is 0 Å². The Morgan fingerprint density at radius 2 is 1.88 bits per heavy atom. The molecule has 0 spiro atoms. The maximum atomic E-state index is 9.78. The summed E-state index contributed by atoms with van der Waals surface area (Å²) in [4.78, 5) is 0. The van der Waals surface area contributed by atoms with Gasteiger partial charge in [-0.3, -0.25) is 0 Å². The Morgan fingerprint density at radius 3 is 2.62 bits per heavy atom. The number of fused-ring (bicyclic) bond motifs is 1. The molecule has 0 aliphatic heterocycles. The minimum absolute atomic E-state index is 0.349. The topological polar surface area (TPSA) is 20.2 Å². The van der Waals surface area contributed by atoms with Crippen molar-refractivity contribution in [1.82, 2.24) is 0 Å². The SMILES string of the molecule is C#CCC(O)c1ccc2cc(Br)ccc2c1. The molecule has 2 rings (SSSR count). The molecule has 2 aromatic rings. The molecule has 0 aliphatic carbocycles. The second-order valence-electron chi connectivity index (χ2n) is 3.67. The highest BCUT2D eigenvalue weighted by Gasteiger charge is 2.06. The summed E-state index contributed by atoms with van der Waals surface area (Å²) in [7, 11) is 0. The van der Waals surface area contributed by atoms with Gasteiger partial charge in [0.25, 0.3) is 0 Å². The zero-order valence-corrected chi connectivity index (χ0v) is 10.2. The van der Waals surface area contributed by atoms with Gasteiger partial charge in [-0.05, 0) is 34.5 Å². The van der Waals surface area contributed by atoms with E-state index in [9.17, 15) is 5.11 Å². The Kier molecular flexibility index (Phi) is 3.28. The number of terminal acetylenes is 1. The zero-order chi connectivity index (χ0) is 11.5. The van der Waals surface area contributed by atoms with Gasteiger partial charge in [0.15, 0.2) is 0 Å². The molecule has 0 fully saturated rings. The molecular formula is C14H11BrO. The van der Waals surface area contributed by atoms with Crippen LogP contribution in [0.3, 0.4) is 0 Å². The van der Waals surface area contributed by atoms with E-state index in [4.69, 9.17) is 6.42 Å². The smallest absolute Gasteiger partial charge is 0.0899 e. The van der Waals surface area contributed by atoms with Gasteiger partial charge in [0.1, 0.15) is 0 Å². The third-order valence-electron chi connectivity index (χ3n) is 2.52. The van der Waals surface area contributed by atoms with Gasteiger partial charge in [0.2, 0.25) is 0 Å². The summed E-state index contributed by atoms with van der Waals surface area (Å²) < 4.78 is 1.05. The molecule has 0 saturated carbocycles. The van der Waals surface area contributed by atoms with E-state index in [-0.39, 0.29) is 0 Å². The van der Waals surface area contributed by atoms with Crippen LogP contribution in [-0.2, 0) is 0 Å². The minimum atomic E-state index is -0.571. The number of benzene rings is 2. The molecule has 1 atom stereocenters. The summed E-state index contributed by atoms with van der Waals surface area (Å²) in [5, 5.41) is 12.0. The predicted molar refractivity (Wildman–Crippen MR) is 70.1 cm³/mol. The van der Waals surface area contributed by atoms with Crippen LogP contribution in [0.5, 0.6) is 0 Å². The number of rotatable bonds is 2. The number of hydrogen-bond acceptors (Lipinski definition) is 1. The highest BCUT2D eigenvalue weighted by Crippen LogP contribution is 2.24. The van der Waals surface area contributed by atoms with Gasteiger partial charge in [0.05, 0.1) is 6.10 Å². The molecule has 1 unspecified atom stereocenters. The summed E-state index contributed by atoms with van der Waals surface area (Å²) in [6, 6.07) is 11.9. The quantitative estimate of drug-likeness (QED) is 0.829. The number of aliphatic hydroxyl groups is 1. The summed E-state index contributed by atoms with van der Waals surface area (Å²) in [6.45, 7) is 0. The molecule has 0 aromatic heterocycles. The molecule has 0 saturated heterocycles. The molecule has 0 radical (unpaired) electrons. The highest BCUT2D eigenvalue weighted by molar-refractivity contribution is 9.10. The molecule has 16 heavy (non-hydrogen) atoms. The van der Waals surface area contributed by atoms with Gasteiger partial charge in [-0.2, -0.15) is 0 Å². The fourth-order valence-corrected chi connectivity index (χ4v) is 2.05. The fraction of sp³-hybridized carbons (Fsp3) is 0.143. The van der Waals surface area contributed by atoms with E-state index in [0.29, 0.717) is 6.42 Å². The van der Waals surface area contributed by atoms with Crippen molar-refractivity contribution >= 4 is 26.7 Å². The molecule has 1 N–H and O–H groups in total. The first-order valence-corrected chi connectivity index (χ1v) is 5.81. The first-order valence-electron chi connectivity index (χ1n) is 5.01. The summed E-state index contributed by atoms with van der Waals surface area (Å²) >= 11 is 3.43. The molecule has 0 bridgehead atoms. The Morgan fingerprint density at radius 1 is 1.19 bits per heavy atom. The van der Waals surface area contributed by atoms with E-state index in [1.807, 2.05) is 36.4 Å². The highest BCUT2D eigenvalue weighted by atomic mass is 79.9. The monoisotopic (exact) mass is 274 g/mol. The summed E-state index contributed by atoms with van der Waals surface area (Å²) in [5.41, 5.74) is 0.868. The van der Waals surface area contributed by atoms with E-state index in [0.717, 1.165) is 20.8 Å². The van der Waals surface area contributed by atoms with Gasteiger partial charge in [-0.25, -0.2) is 0 Å². The molecule has 2 heteroatoms. The fourth-order valence-electron chi connectivity index (χ4n) is 1.67.